The largest absolute Gasteiger partial charge is 1.00 e. The van der Waals surface area contributed by atoms with Crippen molar-refractivity contribution in [3.63, 3.8) is 0 Å². The van der Waals surface area contributed by atoms with E-state index in [9.17, 15) is 32.8 Å². The summed E-state index contributed by atoms with van der Waals surface area (Å²) in [7, 11) is -10.2. The molecule has 3 aromatic carbocycles. The molecule has 3 rings (SSSR count). The van der Waals surface area contributed by atoms with Crippen LogP contribution >= 0.6 is 27.0 Å². The number of rotatable bonds is 8. The monoisotopic (exact) mass is 612 g/mol. The Labute approximate surface area is 312 Å². The molecular weight excluding hydrogens is 588 g/mol. The molecule has 0 aliphatic rings. The maximum Gasteiger partial charge on any atom is 1.00 e. The van der Waals surface area contributed by atoms with E-state index in [1.807, 2.05) is 12.1 Å². The van der Waals surface area contributed by atoms with Crippen molar-refractivity contribution in [2.45, 2.75) is 17.2 Å². The fourth-order valence-electron chi connectivity index (χ4n) is 2.99. The quantitative estimate of drug-likeness (QED) is 0.125. The molecule has 0 aliphatic heterocycles. The second-order valence-corrected chi connectivity index (χ2v) is 11.4. The third kappa shape index (κ3) is 11.3. The summed E-state index contributed by atoms with van der Waals surface area (Å²) in [5.41, 5.74) is -2.04. The van der Waals surface area contributed by atoms with E-state index >= 15 is 0 Å². The number of hydrogen-bond acceptors (Lipinski definition) is 4. The van der Waals surface area contributed by atoms with Crippen LogP contribution in [0.15, 0.2) is 66.7 Å². The Hall–Kier alpha value is 1.97. The van der Waals surface area contributed by atoms with E-state index in [4.69, 9.17) is 9.79 Å². The number of hydrogen-bond donors (Lipinski definition) is 5. The summed E-state index contributed by atoms with van der Waals surface area (Å²) in [6, 6.07) is 16.1. The normalized spacial score (nSPS) is 11.3. The average Bonchev–Trinajstić information content (AvgIpc) is 2.73. The van der Waals surface area contributed by atoms with E-state index < -0.39 is 37.5 Å². The maximum atomic E-state index is 13.7. The van der Waals surface area contributed by atoms with Gasteiger partial charge >= 0.3 is 139 Å². The van der Waals surface area contributed by atoms with E-state index in [1.165, 1.54) is 36.0 Å². The van der Waals surface area contributed by atoms with Gasteiger partial charge in [-0.25, -0.2) is 0 Å². The van der Waals surface area contributed by atoms with Crippen molar-refractivity contribution in [1.82, 2.24) is 0 Å². The Balaban J connectivity index is -0.000000383. The molecule has 0 atom stereocenters. The first kappa shape index (κ1) is 41.1. The van der Waals surface area contributed by atoms with Crippen LogP contribution in [0.4, 0.5) is 8.78 Å². The van der Waals surface area contributed by atoms with Gasteiger partial charge in [0.25, 0.3) is 0 Å². The van der Waals surface area contributed by atoms with Crippen molar-refractivity contribution in [2.24, 2.45) is 0 Å². The van der Waals surface area contributed by atoms with Crippen LogP contribution in [0.2, 0.25) is 0 Å². The molecule has 7 nitrogen and oxygen atoms in total. The number of aromatic hydroxyl groups is 1. The van der Waals surface area contributed by atoms with Gasteiger partial charge in [-0.05, 0) is 34.4 Å². The number of benzene rings is 3. The van der Waals surface area contributed by atoms with Gasteiger partial charge in [0.1, 0.15) is 11.1 Å². The maximum absolute atomic E-state index is 13.7. The third-order valence-corrected chi connectivity index (χ3v) is 7.83. The van der Waals surface area contributed by atoms with Gasteiger partial charge in [0.2, 0.25) is 0 Å². The molecular formula is C21H24F2Na4O7P2S. The molecule has 37 heavy (non-hydrogen) atoms. The van der Waals surface area contributed by atoms with Gasteiger partial charge in [0.05, 0.1) is 0 Å². The summed E-state index contributed by atoms with van der Waals surface area (Å²) in [6.45, 7) is 0. The summed E-state index contributed by atoms with van der Waals surface area (Å²) in [6.07, 6.45) is 0. The van der Waals surface area contributed by atoms with Crippen molar-refractivity contribution in [3.05, 3.63) is 83.4 Å². The van der Waals surface area contributed by atoms with Crippen LogP contribution in [0, 0.1) is 0 Å². The fourth-order valence-corrected chi connectivity index (χ4v) is 5.11. The molecule has 0 heterocycles. The van der Waals surface area contributed by atoms with Crippen LogP contribution in [0.25, 0.3) is 11.1 Å². The molecule has 0 bridgehead atoms. The van der Waals surface area contributed by atoms with Crippen LogP contribution in [-0.2, 0) is 26.3 Å². The summed E-state index contributed by atoms with van der Waals surface area (Å²) >= 11 is 1.51. The molecule has 3 aromatic rings. The second-order valence-electron chi connectivity index (χ2n) is 7.22. The van der Waals surface area contributed by atoms with Crippen molar-refractivity contribution >= 4 is 32.3 Å². The van der Waals surface area contributed by atoms with Crippen LogP contribution < -0.4 is 124 Å². The van der Waals surface area contributed by atoms with Crippen LogP contribution in [0.1, 0.15) is 22.4 Å². The Kier molecular flexibility index (Phi) is 19.1. The van der Waals surface area contributed by atoms with E-state index in [1.54, 1.807) is 18.2 Å². The zero-order valence-corrected chi connectivity index (χ0v) is 31.5. The number of phenols is 1. The Morgan fingerprint density at radius 3 is 1.59 bits per heavy atom. The summed E-state index contributed by atoms with van der Waals surface area (Å²) in [5, 5.41) is 9.24. The second kappa shape index (κ2) is 17.2. The smallest absolute Gasteiger partial charge is 1.00 e. The van der Waals surface area contributed by atoms with Crippen molar-refractivity contribution in [1.29, 1.82) is 0 Å². The fraction of sp³-hybridized carbons (Fsp3) is 0.143. The summed E-state index contributed by atoms with van der Waals surface area (Å²) in [5.74, 6) is 0.621. The standard InChI is InChI=1S/C21H20F2O7P2S.4Na.4H/c22-21(23,32(28,29)30)18-8-3-15(4-9-18)13-33-12-14-1-5-16(6-2-14)17-7-10-19(24)20(11-17)31(25,26)27;;;;;;;;/h1-11,24H,12-13H2,(H2,25,26,27)(H2,28,29,30);;;;;;;;/q;4*+1;4*-1. The van der Waals surface area contributed by atoms with Crippen molar-refractivity contribution in [2.75, 3.05) is 0 Å². The van der Waals surface area contributed by atoms with Crippen molar-refractivity contribution in [3.8, 4) is 16.9 Å². The first-order valence-electron chi connectivity index (χ1n) is 9.38. The number of alkyl halides is 2. The topological polar surface area (TPSA) is 135 Å². The van der Waals surface area contributed by atoms with E-state index in [-0.39, 0.29) is 124 Å². The molecule has 0 saturated heterocycles. The van der Waals surface area contributed by atoms with Gasteiger partial charge < -0.3 is 30.4 Å². The van der Waals surface area contributed by atoms with E-state index in [0.717, 1.165) is 23.3 Å². The Morgan fingerprint density at radius 2 is 1.16 bits per heavy atom. The van der Waals surface area contributed by atoms with Crippen LogP contribution in [-0.4, -0.2) is 24.7 Å². The minimum atomic E-state index is -5.60. The molecule has 16 heteroatoms. The molecule has 0 spiro atoms. The molecule has 0 amide bonds. The zero-order chi connectivity index (χ0) is 24.4. The molecule has 0 aliphatic carbocycles. The minimum absolute atomic E-state index is 0. The summed E-state index contributed by atoms with van der Waals surface area (Å²) < 4.78 is 49.9. The minimum Gasteiger partial charge on any atom is -1.00 e. The van der Waals surface area contributed by atoms with Gasteiger partial charge in [-0.15, -0.1) is 0 Å². The van der Waals surface area contributed by atoms with Gasteiger partial charge in [-0.2, -0.15) is 20.5 Å². The third-order valence-electron chi connectivity index (χ3n) is 4.78. The van der Waals surface area contributed by atoms with Gasteiger partial charge in [0.15, 0.2) is 0 Å². The Morgan fingerprint density at radius 1 is 0.730 bits per heavy atom. The van der Waals surface area contributed by atoms with Gasteiger partial charge in [0, 0.05) is 17.1 Å². The molecule has 0 aromatic heterocycles. The molecule has 5 N–H and O–H groups in total. The van der Waals surface area contributed by atoms with E-state index in [0.29, 0.717) is 22.6 Å². The molecule has 0 saturated carbocycles. The number of thioether (sulfide) groups is 1. The molecule has 0 radical (unpaired) electrons. The number of halogens is 2. The van der Waals surface area contributed by atoms with Gasteiger partial charge in [-0.3, -0.25) is 9.13 Å². The molecule has 184 valence electrons. The number of phenolic OH excluding ortho intramolecular Hbond substituents is 1. The van der Waals surface area contributed by atoms with Crippen molar-refractivity contribution < 1.29 is 167 Å². The summed E-state index contributed by atoms with van der Waals surface area (Å²) in [4.78, 5) is 36.3. The predicted octanol–water partition coefficient (Wildman–Crippen LogP) is -7.01. The first-order chi connectivity index (χ1) is 15.3. The van der Waals surface area contributed by atoms with Crippen LogP contribution in [0.5, 0.6) is 5.75 Å². The molecule has 0 unspecified atom stereocenters. The van der Waals surface area contributed by atoms with Crippen LogP contribution in [0.3, 0.4) is 0 Å². The first-order valence-corrected chi connectivity index (χ1v) is 13.8. The molecule has 0 fully saturated rings. The van der Waals surface area contributed by atoms with Gasteiger partial charge in [-0.1, -0.05) is 54.6 Å². The Bertz CT molecular complexity index is 1260. The van der Waals surface area contributed by atoms with E-state index in [2.05, 4.69) is 0 Å². The SMILES string of the molecule is O=P(O)(O)c1cc(-c2ccc(CSCc3ccc(C(F)(F)P(=O)(O)O)cc3)cc2)ccc1O.[H-].[H-].[H-].[H-].[Na+].[Na+].[Na+].[Na+]. The average molecular weight is 612 g/mol. The predicted molar refractivity (Wildman–Crippen MR) is 127 cm³/mol. The zero-order valence-electron chi connectivity index (χ0n) is 24.9.